The molecule has 0 aliphatic carbocycles. The molecule has 1 aromatic rings. The van der Waals surface area contributed by atoms with Crippen LogP contribution in [0.2, 0.25) is 0 Å². The van der Waals surface area contributed by atoms with Crippen LogP contribution in [0.1, 0.15) is 38.8 Å². The first-order valence-electron chi connectivity index (χ1n) is 6.86. The normalized spacial score (nSPS) is 13.7. The Morgan fingerprint density at radius 2 is 2.30 bits per heavy atom. The number of nitriles is 1. The van der Waals surface area contributed by atoms with Crippen LogP contribution < -0.4 is 10.9 Å². The second kappa shape index (κ2) is 8.08. The second-order valence-electron chi connectivity index (χ2n) is 4.97. The van der Waals surface area contributed by atoms with Gasteiger partial charge >= 0.3 is 0 Å². The van der Waals surface area contributed by atoms with Crippen LogP contribution in [-0.4, -0.2) is 27.8 Å². The molecule has 2 N–H and O–H groups in total. The summed E-state index contributed by atoms with van der Waals surface area (Å²) in [5.41, 5.74) is 0.194. The summed E-state index contributed by atoms with van der Waals surface area (Å²) in [5, 5.41) is 13.0. The van der Waals surface area contributed by atoms with Gasteiger partial charge in [0.05, 0.1) is 6.07 Å². The summed E-state index contributed by atoms with van der Waals surface area (Å²) in [6.45, 7) is 6.55. The first kappa shape index (κ1) is 16.7. The van der Waals surface area contributed by atoms with Crippen molar-refractivity contribution in [3.63, 3.8) is 0 Å². The molecule has 0 aliphatic rings. The summed E-state index contributed by atoms with van der Waals surface area (Å²) in [5.74, 6) is 0.889. The predicted octanol–water partition coefficient (Wildman–Crippen LogP) is 2.23. The topological polar surface area (TPSA) is 81.6 Å². The van der Waals surface area contributed by atoms with Crippen molar-refractivity contribution in [3.8, 4) is 6.07 Å². The van der Waals surface area contributed by atoms with Gasteiger partial charge < -0.3 is 4.98 Å². The van der Waals surface area contributed by atoms with Gasteiger partial charge in [-0.25, -0.2) is 4.98 Å². The van der Waals surface area contributed by atoms with Crippen molar-refractivity contribution in [2.24, 2.45) is 0 Å². The number of nitrogens with one attached hydrogen (secondary N) is 2. The molecule has 0 fully saturated rings. The molecule has 1 unspecified atom stereocenters. The molecule has 0 saturated carbocycles. The van der Waals surface area contributed by atoms with E-state index in [1.807, 2.05) is 20.8 Å². The van der Waals surface area contributed by atoms with Crippen molar-refractivity contribution >= 4 is 11.8 Å². The minimum absolute atomic E-state index is 0.107. The molecule has 0 aliphatic heterocycles. The first-order chi connectivity index (χ1) is 9.49. The highest BCUT2D eigenvalue weighted by molar-refractivity contribution is 7.99. The maximum absolute atomic E-state index is 11.3. The van der Waals surface area contributed by atoms with Gasteiger partial charge in [-0.15, -0.1) is 0 Å². The Bertz CT molecular complexity index is 523. The maximum atomic E-state index is 11.3. The third-order valence-electron chi connectivity index (χ3n) is 2.97. The molecule has 20 heavy (non-hydrogen) atoms. The third-order valence-corrected chi connectivity index (χ3v) is 3.93. The Morgan fingerprint density at radius 1 is 1.55 bits per heavy atom. The average molecular weight is 294 g/mol. The molecule has 1 heterocycles. The van der Waals surface area contributed by atoms with Crippen LogP contribution in [0.5, 0.6) is 0 Å². The fraction of sp³-hybridized carbons (Fsp3) is 0.643. The molecule has 1 atom stereocenters. The molecular formula is C14H22N4OS. The van der Waals surface area contributed by atoms with Crippen LogP contribution in [0.4, 0.5) is 0 Å². The van der Waals surface area contributed by atoms with Gasteiger partial charge in [-0.2, -0.15) is 5.26 Å². The lowest BCUT2D eigenvalue weighted by Gasteiger charge is -2.22. The Kier molecular flexibility index (Phi) is 6.76. The van der Waals surface area contributed by atoms with Crippen molar-refractivity contribution < 1.29 is 0 Å². The summed E-state index contributed by atoms with van der Waals surface area (Å²) < 4.78 is 0. The Labute approximate surface area is 124 Å². The van der Waals surface area contributed by atoms with E-state index in [2.05, 4.69) is 21.4 Å². The highest BCUT2D eigenvalue weighted by Gasteiger charge is 2.21. The van der Waals surface area contributed by atoms with Gasteiger partial charge in [0.15, 0.2) is 5.16 Å². The fourth-order valence-electron chi connectivity index (χ4n) is 1.94. The quantitative estimate of drug-likeness (QED) is 0.436. The zero-order chi connectivity index (χ0) is 15.0. The summed E-state index contributed by atoms with van der Waals surface area (Å²) in [6.07, 6.45) is 2.79. The predicted molar refractivity (Wildman–Crippen MR) is 81.9 cm³/mol. The molecule has 0 bridgehead atoms. The zero-order valence-electron chi connectivity index (χ0n) is 12.3. The zero-order valence-corrected chi connectivity index (χ0v) is 13.1. The lowest BCUT2D eigenvalue weighted by atomic mass is 9.97. The molecular weight excluding hydrogens is 272 g/mol. The number of rotatable bonds is 8. The van der Waals surface area contributed by atoms with E-state index in [-0.39, 0.29) is 5.56 Å². The largest absolute Gasteiger partial charge is 0.301 e. The van der Waals surface area contributed by atoms with Gasteiger partial charge in [0.1, 0.15) is 5.54 Å². The van der Waals surface area contributed by atoms with Crippen LogP contribution in [0.15, 0.2) is 16.0 Å². The summed E-state index contributed by atoms with van der Waals surface area (Å²) in [7, 11) is 0. The van der Waals surface area contributed by atoms with Gasteiger partial charge in [-0.1, -0.05) is 18.7 Å². The smallest absolute Gasteiger partial charge is 0.251 e. The summed E-state index contributed by atoms with van der Waals surface area (Å²) in [6, 6.07) is 3.81. The van der Waals surface area contributed by atoms with Crippen molar-refractivity contribution in [2.45, 2.75) is 50.7 Å². The standard InChI is InChI=1S/C14H22N4OS/c1-4-16-14(3,10-15)7-5-6-8-20-13-17-11(2)9-12(19)18-13/h9,16H,4-8H2,1-3H3,(H,17,18,19). The van der Waals surface area contributed by atoms with E-state index in [0.29, 0.717) is 5.16 Å². The molecule has 110 valence electrons. The number of aromatic nitrogens is 2. The first-order valence-corrected chi connectivity index (χ1v) is 7.84. The Hall–Kier alpha value is -1.32. The van der Waals surface area contributed by atoms with Crippen molar-refractivity contribution in [3.05, 3.63) is 22.1 Å². The highest BCUT2D eigenvalue weighted by atomic mass is 32.2. The van der Waals surface area contributed by atoms with Crippen LogP contribution in [0, 0.1) is 18.3 Å². The second-order valence-corrected chi connectivity index (χ2v) is 6.06. The van der Waals surface area contributed by atoms with Crippen molar-refractivity contribution in [2.75, 3.05) is 12.3 Å². The van der Waals surface area contributed by atoms with Gasteiger partial charge in [0, 0.05) is 17.5 Å². The molecule has 0 saturated heterocycles. The number of H-pyrrole nitrogens is 1. The number of hydrogen-bond acceptors (Lipinski definition) is 5. The lowest BCUT2D eigenvalue weighted by Crippen LogP contribution is -2.40. The van der Waals surface area contributed by atoms with Gasteiger partial charge in [0.2, 0.25) is 0 Å². The molecule has 0 radical (unpaired) electrons. The minimum atomic E-state index is -0.435. The van der Waals surface area contributed by atoms with E-state index in [0.717, 1.165) is 37.3 Å². The number of aryl methyl sites for hydroxylation is 1. The van der Waals surface area contributed by atoms with Gasteiger partial charge in [-0.05, 0) is 39.7 Å². The van der Waals surface area contributed by atoms with Crippen LogP contribution >= 0.6 is 11.8 Å². The SMILES string of the molecule is CCNC(C)(C#N)CCCCSc1nc(C)cc(=O)[nH]1. The van der Waals surface area contributed by atoms with Crippen LogP contribution in [0.25, 0.3) is 0 Å². The molecule has 6 heteroatoms. The van der Waals surface area contributed by atoms with Crippen molar-refractivity contribution in [1.29, 1.82) is 5.26 Å². The molecule has 1 aromatic heterocycles. The molecule has 0 aromatic carbocycles. The number of aromatic amines is 1. The van der Waals surface area contributed by atoms with E-state index in [1.54, 1.807) is 11.8 Å². The number of unbranched alkanes of at least 4 members (excludes halogenated alkanes) is 1. The molecule has 5 nitrogen and oxygen atoms in total. The third kappa shape index (κ3) is 5.76. The van der Waals surface area contributed by atoms with E-state index in [1.165, 1.54) is 6.07 Å². The average Bonchev–Trinajstić information content (AvgIpc) is 2.37. The van der Waals surface area contributed by atoms with E-state index < -0.39 is 5.54 Å². The highest BCUT2D eigenvalue weighted by Crippen LogP contribution is 2.17. The molecule has 1 rings (SSSR count). The Morgan fingerprint density at radius 3 is 2.90 bits per heavy atom. The van der Waals surface area contributed by atoms with E-state index >= 15 is 0 Å². The Balaban J connectivity index is 2.32. The number of hydrogen-bond donors (Lipinski definition) is 2. The summed E-state index contributed by atoms with van der Waals surface area (Å²) >= 11 is 1.55. The molecule has 0 spiro atoms. The lowest BCUT2D eigenvalue weighted by molar-refractivity contribution is 0.415. The van der Waals surface area contributed by atoms with Gasteiger partial charge in [-0.3, -0.25) is 10.1 Å². The minimum Gasteiger partial charge on any atom is -0.301 e. The fourth-order valence-corrected chi connectivity index (χ4v) is 2.87. The molecule has 0 amide bonds. The number of thioether (sulfide) groups is 1. The van der Waals surface area contributed by atoms with Crippen LogP contribution in [0.3, 0.4) is 0 Å². The van der Waals surface area contributed by atoms with Gasteiger partial charge in [0.25, 0.3) is 5.56 Å². The van der Waals surface area contributed by atoms with Crippen LogP contribution in [-0.2, 0) is 0 Å². The monoisotopic (exact) mass is 294 g/mol. The summed E-state index contributed by atoms with van der Waals surface area (Å²) in [4.78, 5) is 18.3. The maximum Gasteiger partial charge on any atom is 0.251 e. The van der Waals surface area contributed by atoms with E-state index in [9.17, 15) is 4.79 Å². The van der Waals surface area contributed by atoms with Crippen molar-refractivity contribution in [1.82, 2.24) is 15.3 Å². The van der Waals surface area contributed by atoms with E-state index in [4.69, 9.17) is 5.26 Å². The number of nitrogens with zero attached hydrogens (tertiary/aromatic N) is 2.